The molecule has 3 rings (SSSR count). The average Bonchev–Trinajstić information content (AvgIpc) is 2.64. The second-order valence-electron chi connectivity index (χ2n) is 20.2. The van der Waals surface area contributed by atoms with E-state index < -0.39 is 198 Å². The summed E-state index contributed by atoms with van der Waals surface area (Å²) in [5, 5.41) is 0. The summed E-state index contributed by atoms with van der Waals surface area (Å²) in [5.41, 5.74) is 0. The van der Waals surface area contributed by atoms with Gasteiger partial charge < -0.3 is 84.3 Å². The van der Waals surface area contributed by atoms with Crippen LogP contribution in [0.5, 0.6) is 0 Å². The Morgan fingerprint density at radius 3 is 0.718 bits per heavy atom. The van der Waals surface area contributed by atoms with Crippen LogP contribution in [0.4, 0.5) is 0 Å². The molecule has 0 aromatic rings. The minimum atomic E-state index is -5.54. The quantitative estimate of drug-likeness (QED) is 0.0404. The Balaban J connectivity index is 2.63. The second-order valence-corrected chi connectivity index (χ2v) is 22.7. The van der Waals surface area contributed by atoms with Gasteiger partial charge in [0.1, 0.15) is 38.1 Å². The first-order chi connectivity index (χ1) is 39.9. The Bertz CT molecular complexity index is 2070. The molecule has 0 amide bonds. The van der Waals surface area contributed by atoms with E-state index in [9.17, 15) is 57.5 Å². The lowest BCUT2D eigenvalue weighted by molar-refractivity contribution is -0.329. The van der Waals surface area contributed by atoms with E-state index in [1.165, 1.54) is 0 Å². The van der Waals surface area contributed by atoms with Gasteiger partial charge in [-0.15, -0.1) is 0 Å². The van der Waals surface area contributed by atoms with Crippen molar-refractivity contribution in [3.05, 3.63) is 0 Å². The Kier molecular flexibility index (Phi) is 30.8. The van der Waals surface area contributed by atoms with Gasteiger partial charge in [-0.3, -0.25) is 57.5 Å². The van der Waals surface area contributed by atoms with Gasteiger partial charge in [0.05, 0.1) is 0 Å². The summed E-state index contributed by atoms with van der Waals surface area (Å²) in [7, 11) is -5.54. The number of carbonyl (C=O) groups is 12. The zero-order chi connectivity index (χ0) is 63.7. The number of carbonyl (C=O) groups excluding carboxylic acids is 12. The van der Waals surface area contributed by atoms with Crippen molar-refractivity contribution in [2.75, 3.05) is 19.8 Å². The summed E-state index contributed by atoms with van der Waals surface area (Å²) in [4.78, 5) is 155. The van der Waals surface area contributed by atoms with Gasteiger partial charge >= 0.3 is 80.4 Å². The number of esters is 12. The molecule has 0 spiro atoms. The first-order valence-electron chi connectivity index (χ1n) is 27.9. The van der Waals surface area contributed by atoms with Crippen molar-refractivity contribution in [3.8, 4) is 0 Å². The van der Waals surface area contributed by atoms with Crippen LogP contribution in [0.2, 0.25) is 6.04 Å². The van der Waals surface area contributed by atoms with Crippen molar-refractivity contribution >= 4 is 80.4 Å². The van der Waals surface area contributed by atoms with E-state index in [2.05, 4.69) is 6.92 Å². The largest absolute Gasteiger partial charge is 0.507 e. The third kappa shape index (κ3) is 25.2. The molecule has 482 valence electrons. The molecular formula is C54H82O30Si. The fraction of sp³-hybridized carbons (Fsp3) is 0.778. The molecule has 0 aliphatic carbocycles. The van der Waals surface area contributed by atoms with Crippen molar-refractivity contribution < 1.29 is 142 Å². The van der Waals surface area contributed by atoms with Gasteiger partial charge in [0, 0.05) is 89.1 Å². The lowest BCUT2D eigenvalue weighted by Gasteiger charge is -2.50. The Labute approximate surface area is 493 Å². The highest BCUT2D eigenvalue weighted by atomic mass is 28.4. The van der Waals surface area contributed by atoms with E-state index in [4.69, 9.17) is 84.3 Å². The van der Waals surface area contributed by atoms with Crippen molar-refractivity contribution in [2.24, 2.45) is 0 Å². The summed E-state index contributed by atoms with van der Waals surface area (Å²) < 4.78 is 108. The van der Waals surface area contributed by atoms with Crippen LogP contribution in [-0.2, 0) is 142 Å². The summed E-state index contributed by atoms with van der Waals surface area (Å²) in [5.74, 6) is -11.9. The Morgan fingerprint density at radius 2 is 0.494 bits per heavy atom. The van der Waals surface area contributed by atoms with Gasteiger partial charge in [0.15, 0.2) is 73.8 Å². The van der Waals surface area contributed by atoms with Gasteiger partial charge in [-0.05, 0) is 6.42 Å². The first kappa shape index (κ1) is 72.9. The van der Waals surface area contributed by atoms with Crippen molar-refractivity contribution in [2.45, 2.75) is 252 Å². The highest BCUT2D eigenvalue weighted by Gasteiger charge is 2.63. The van der Waals surface area contributed by atoms with Crippen LogP contribution < -0.4 is 0 Å². The molecule has 15 atom stereocenters. The molecule has 3 saturated heterocycles. The smallest absolute Gasteiger partial charge is 0.463 e. The maximum Gasteiger partial charge on any atom is 0.507 e. The van der Waals surface area contributed by atoms with Crippen LogP contribution in [0.15, 0.2) is 0 Å². The number of hydrogen-bond donors (Lipinski definition) is 0. The van der Waals surface area contributed by atoms with E-state index in [0.29, 0.717) is 12.8 Å². The lowest BCUT2D eigenvalue weighted by Crippen LogP contribution is -2.70. The maximum absolute atomic E-state index is 13.3. The van der Waals surface area contributed by atoms with Crippen LogP contribution in [0.3, 0.4) is 0 Å². The van der Waals surface area contributed by atoms with Crippen molar-refractivity contribution in [1.82, 2.24) is 0 Å². The molecule has 0 saturated carbocycles. The third-order valence-corrected chi connectivity index (χ3v) is 15.3. The van der Waals surface area contributed by atoms with Crippen molar-refractivity contribution in [3.63, 3.8) is 0 Å². The topological polar surface area (TPSA) is 371 Å². The van der Waals surface area contributed by atoms with Gasteiger partial charge in [-0.25, -0.2) is 0 Å². The summed E-state index contributed by atoms with van der Waals surface area (Å²) >= 11 is 0. The van der Waals surface area contributed by atoms with E-state index >= 15 is 0 Å². The molecule has 0 radical (unpaired) electrons. The minimum Gasteiger partial charge on any atom is -0.463 e. The Morgan fingerprint density at radius 1 is 0.282 bits per heavy atom. The Hall–Kier alpha value is -6.38. The standard InChI is InChI=1S/C54H82O30Si/c1-14-15-16-17-18-19-20-21-22-23-24-85(82-52-49(76-37(11)64)46(73-34(8)61)43(70-31(5)58)40(79-52)25-67-28(2)55,83-53-50(77-38(12)65)47(74-35(9)62)44(71-32(6)59)41(80-53)26-68-29(3)56)84-54-51(78-39(13)66)48(75-36(10)63)45(72-33(7)60)42(81-54)27-69-30(4)57/h40-54H,14-27H2,1-13H3/t40-,41-,42-,43-,44-,45-,46+,47+,48+,49-,50-,51-,52-,53-,54-/m1/s1. The zero-order valence-electron chi connectivity index (χ0n) is 50.3. The predicted molar refractivity (Wildman–Crippen MR) is 282 cm³/mol. The van der Waals surface area contributed by atoms with E-state index in [1.807, 2.05) is 0 Å². The summed E-state index contributed by atoms with van der Waals surface area (Å²) in [6.07, 6.45) is -21.1. The first-order valence-corrected chi connectivity index (χ1v) is 29.8. The monoisotopic (exact) mass is 1240 g/mol. The second kappa shape index (κ2) is 35.9. The molecule has 0 N–H and O–H groups in total. The molecule has 30 nitrogen and oxygen atoms in total. The molecule has 3 aliphatic rings. The molecular weight excluding hydrogens is 1160 g/mol. The number of hydrogen-bond acceptors (Lipinski definition) is 30. The van der Waals surface area contributed by atoms with Crippen molar-refractivity contribution in [1.29, 1.82) is 0 Å². The molecule has 0 bridgehead atoms. The predicted octanol–water partition coefficient (Wildman–Crippen LogP) is 3.15. The fourth-order valence-corrected chi connectivity index (χ4v) is 12.3. The van der Waals surface area contributed by atoms with E-state index in [1.54, 1.807) is 0 Å². The molecule has 3 aliphatic heterocycles. The van der Waals surface area contributed by atoms with Crippen LogP contribution >= 0.6 is 0 Å². The van der Waals surface area contributed by atoms with Gasteiger partial charge in [-0.1, -0.05) is 64.7 Å². The zero-order valence-corrected chi connectivity index (χ0v) is 51.3. The highest BCUT2D eigenvalue weighted by molar-refractivity contribution is 6.60. The van der Waals surface area contributed by atoms with Crippen LogP contribution in [0, 0.1) is 0 Å². The van der Waals surface area contributed by atoms with Crippen LogP contribution in [-0.4, -0.2) is 192 Å². The van der Waals surface area contributed by atoms with Gasteiger partial charge in [-0.2, -0.15) is 0 Å². The average molecular weight is 1240 g/mol. The minimum absolute atomic E-state index is 0.0177. The fourth-order valence-electron chi connectivity index (χ4n) is 9.47. The molecule has 3 fully saturated rings. The van der Waals surface area contributed by atoms with E-state index in [-0.39, 0.29) is 6.42 Å². The molecule has 0 unspecified atom stereocenters. The third-order valence-electron chi connectivity index (χ3n) is 12.6. The van der Waals surface area contributed by atoms with E-state index in [0.717, 1.165) is 128 Å². The summed E-state index contributed by atoms with van der Waals surface area (Å²) in [6.45, 7) is 11.6. The number of rotatable bonds is 32. The summed E-state index contributed by atoms with van der Waals surface area (Å²) in [6, 6.07) is -0.490. The number of unbranched alkanes of at least 4 members (excludes halogenated alkanes) is 9. The molecule has 3 heterocycles. The number of ether oxygens (including phenoxy) is 15. The maximum atomic E-state index is 13.3. The molecule has 31 heteroatoms. The van der Waals surface area contributed by atoms with Crippen LogP contribution in [0.25, 0.3) is 0 Å². The molecule has 0 aromatic heterocycles. The van der Waals surface area contributed by atoms with Crippen LogP contribution in [0.1, 0.15) is 154 Å². The molecule has 85 heavy (non-hydrogen) atoms. The van der Waals surface area contributed by atoms with Gasteiger partial charge in [0.25, 0.3) is 0 Å². The normalized spacial score (nSPS) is 27.3. The SMILES string of the molecule is CCCCCCCCCCCC[Si](O[C@H]1O[C@H](COC(C)=O)[C@@H](OC(C)=O)[C@H](OC(C)=O)[C@H]1OC(C)=O)(O[C@H]1O[C@H](COC(C)=O)[C@@H](OC(C)=O)[C@H](OC(C)=O)[C@H]1OC(C)=O)O[C@H]1O[C@H](COC(C)=O)[C@@H](OC(C)=O)[C@H](OC(C)=O)[C@H]1OC(C)=O. The van der Waals surface area contributed by atoms with Gasteiger partial charge in [0.2, 0.25) is 0 Å². The molecule has 0 aromatic carbocycles. The lowest BCUT2D eigenvalue weighted by atomic mass is 9.98. The highest BCUT2D eigenvalue weighted by Crippen LogP contribution is 2.40.